The molecule has 0 aliphatic heterocycles. The number of benzene rings is 2. The van der Waals surface area contributed by atoms with E-state index in [-0.39, 0.29) is 30.3 Å². The molecule has 0 saturated heterocycles. The van der Waals surface area contributed by atoms with Crippen LogP contribution in [0.4, 0.5) is 4.39 Å². The summed E-state index contributed by atoms with van der Waals surface area (Å²) >= 11 is 0. The molecular formula is C22H24FN3O3. The lowest BCUT2D eigenvalue weighted by atomic mass is 10.0. The van der Waals surface area contributed by atoms with Crippen LogP contribution in [0, 0.1) is 11.7 Å². The fraction of sp³-hybridized carbons (Fsp3) is 0.273. The number of aromatic nitrogens is 2. The van der Waals surface area contributed by atoms with Crippen LogP contribution in [0.25, 0.3) is 23.1 Å². The van der Waals surface area contributed by atoms with Crippen LogP contribution < -0.4 is 10.1 Å². The first-order valence-corrected chi connectivity index (χ1v) is 9.35. The number of ether oxygens (including phenoxy) is 1. The highest BCUT2D eigenvalue weighted by Gasteiger charge is 2.22. The maximum atomic E-state index is 13.9. The normalized spacial score (nSPS) is 12.6. The number of aliphatic hydroxyl groups is 1. The van der Waals surface area contributed by atoms with Crippen molar-refractivity contribution in [1.82, 2.24) is 15.5 Å². The molecule has 0 aliphatic carbocycles. The second-order valence-electron chi connectivity index (χ2n) is 7.04. The Morgan fingerprint density at radius 3 is 2.69 bits per heavy atom. The number of halogens is 1. The molecule has 1 heterocycles. The number of aliphatic hydroxyl groups excluding tert-OH is 1. The van der Waals surface area contributed by atoms with Crippen LogP contribution in [0.5, 0.6) is 5.75 Å². The number of nitrogens with one attached hydrogen (secondary N) is 2. The molecule has 0 aliphatic rings. The second kappa shape index (κ2) is 8.87. The van der Waals surface area contributed by atoms with Gasteiger partial charge in [0.25, 0.3) is 5.91 Å². The van der Waals surface area contributed by atoms with Gasteiger partial charge in [-0.2, -0.15) is 5.10 Å². The van der Waals surface area contributed by atoms with E-state index in [9.17, 15) is 14.3 Å². The van der Waals surface area contributed by atoms with Gasteiger partial charge >= 0.3 is 0 Å². The lowest BCUT2D eigenvalue weighted by Gasteiger charge is -2.20. The van der Waals surface area contributed by atoms with Crippen LogP contribution in [0.3, 0.4) is 0 Å². The van der Waals surface area contributed by atoms with Gasteiger partial charge in [0.15, 0.2) is 0 Å². The molecule has 7 heteroatoms. The van der Waals surface area contributed by atoms with E-state index in [2.05, 4.69) is 15.5 Å². The van der Waals surface area contributed by atoms with Crippen molar-refractivity contribution in [2.75, 3.05) is 13.7 Å². The van der Waals surface area contributed by atoms with Gasteiger partial charge in [-0.1, -0.05) is 32.0 Å². The molecule has 0 radical (unpaired) electrons. The zero-order valence-electron chi connectivity index (χ0n) is 16.6. The van der Waals surface area contributed by atoms with Gasteiger partial charge in [-0.3, -0.25) is 9.89 Å². The highest BCUT2D eigenvalue weighted by Crippen LogP contribution is 2.32. The average molecular weight is 397 g/mol. The number of rotatable bonds is 7. The predicted octanol–water partition coefficient (Wildman–Crippen LogP) is 3.63. The fourth-order valence-electron chi connectivity index (χ4n) is 3.07. The summed E-state index contributed by atoms with van der Waals surface area (Å²) in [5.41, 5.74) is 1.98. The van der Waals surface area contributed by atoms with E-state index in [1.54, 1.807) is 42.5 Å². The Kier molecular flexibility index (Phi) is 6.29. The summed E-state index contributed by atoms with van der Waals surface area (Å²) in [5, 5.41) is 20.1. The summed E-state index contributed by atoms with van der Waals surface area (Å²) < 4.78 is 19.4. The first-order valence-electron chi connectivity index (χ1n) is 9.35. The first-order chi connectivity index (χ1) is 14.0. The summed E-state index contributed by atoms with van der Waals surface area (Å²) in [5.74, 6) is -0.240. The zero-order chi connectivity index (χ0) is 21.0. The van der Waals surface area contributed by atoms with E-state index < -0.39 is 0 Å². The van der Waals surface area contributed by atoms with Crippen molar-refractivity contribution in [2.45, 2.75) is 19.9 Å². The number of H-pyrrole nitrogens is 1. The lowest BCUT2D eigenvalue weighted by Crippen LogP contribution is -2.41. The number of aromatic amines is 1. The van der Waals surface area contributed by atoms with Crippen molar-refractivity contribution >= 4 is 29.0 Å². The number of hydrogen-bond acceptors (Lipinski definition) is 4. The largest absolute Gasteiger partial charge is 0.495 e. The Bertz CT molecular complexity index is 1040. The summed E-state index contributed by atoms with van der Waals surface area (Å²) in [7, 11) is 1.48. The molecule has 1 atom stereocenters. The van der Waals surface area contributed by atoms with Gasteiger partial charge in [0.1, 0.15) is 11.6 Å². The minimum atomic E-state index is -0.368. The summed E-state index contributed by atoms with van der Waals surface area (Å²) in [6, 6.07) is 9.45. The number of nitrogens with zero attached hydrogens (tertiary/aromatic N) is 1. The third-order valence-corrected chi connectivity index (χ3v) is 4.80. The lowest BCUT2D eigenvalue weighted by molar-refractivity contribution is 0.0894. The number of carbonyl (C=O) groups excluding carboxylic acids is 1. The maximum absolute atomic E-state index is 13.9. The standard InChI is InChI=1S/C22H24FN3O3/c1-13(2)19(12-27)24-22(28)15-9-11-18-20(21(15)29-3)17(25-26-18)10-8-14-6-4-5-7-16(14)23/h4-11,13,19,27H,12H2,1-3H3,(H,24,28)(H,25,26)/b10-8+/t19-/m1/s1. The zero-order valence-corrected chi connectivity index (χ0v) is 16.6. The molecule has 3 rings (SSSR count). The number of methoxy groups -OCH3 is 1. The van der Waals surface area contributed by atoms with E-state index in [1.165, 1.54) is 13.2 Å². The fourth-order valence-corrected chi connectivity index (χ4v) is 3.07. The Hall–Kier alpha value is -3.19. The number of hydrogen-bond donors (Lipinski definition) is 3. The van der Waals surface area contributed by atoms with E-state index in [0.29, 0.717) is 33.5 Å². The monoisotopic (exact) mass is 397 g/mol. The molecule has 6 nitrogen and oxygen atoms in total. The predicted molar refractivity (Wildman–Crippen MR) is 111 cm³/mol. The van der Waals surface area contributed by atoms with Crippen molar-refractivity contribution < 1.29 is 19.0 Å². The van der Waals surface area contributed by atoms with Gasteiger partial charge in [0.2, 0.25) is 0 Å². The van der Waals surface area contributed by atoms with Crippen LogP contribution in [0.1, 0.15) is 35.5 Å². The highest BCUT2D eigenvalue weighted by molar-refractivity contribution is 6.05. The van der Waals surface area contributed by atoms with Crippen molar-refractivity contribution in [2.24, 2.45) is 5.92 Å². The Labute approximate surface area is 168 Å². The molecule has 3 aromatic rings. The van der Waals surface area contributed by atoms with Crippen LogP contribution in [0.15, 0.2) is 36.4 Å². The second-order valence-corrected chi connectivity index (χ2v) is 7.04. The highest BCUT2D eigenvalue weighted by atomic mass is 19.1. The van der Waals surface area contributed by atoms with Gasteiger partial charge in [-0.05, 0) is 36.3 Å². The van der Waals surface area contributed by atoms with Crippen molar-refractivity contribution in [3.05, 3.63) is 59.0 Å². The minimum absolute atomic E-state index is 0.0758. The Morgan fingerprint density at radius 2 is 2.03 bits per heavy atom. The van der Waals surface area contributed by atoms with E-state index >= 15 is 0 Å². The van der Waals surface area contributed by atoms with Gasteiger partial charge in [-0.25, -0.2) is 4.39 Å². The molecule has 2 aromatic carbocycles. The summed E-state index contributed by atoms with van der Waals surface area (Å²) in [4.78, 5) is 12.8. The quantitative estimate of drug-likeness (QED) is 0.568. The Balaban J connectivity index is 2.01. The molecule has 1 aromatic heterocycles. The van der Waals surface area contributed by atoms with Gasteiger partial charge in [0.05, 0.1) is 41.9 Å². The summed E-state index contributed by atoms with van der Waals surface area (Å²) in [6.07, 6.45) is 3.30. The maximum Gasteiger partial charge on any atom is 0.255 e. The molecule has 0 spiro atoms. The van der Waals surface area contributed by atoms with Crippen LogP contribution >= 0.6 is 0 Å². The van der Waals surface area contributed by atoms with Crippen molar-refractivity contribution in [3.63, 3.8) is 0 Å². The average Bonchev–Trinajstić information content (AvgIpc) is 3.13. The van der Waals surface area contributed by atoms with Gasteiger partial charge in [0, 0.05) is 5.56 Å². The molecular weight excluding hydrogens is 373 g/mol. The Morgan fingerprint density at radius 1 is 1.28 bits per heavy atom. The van der Waals surface area contributed by atoms with Crippen LogP contribution in [-0.2, 0) is 0 Å². The van der Waals surface area contributed by atoms with E-state index in [4.69, 9.17) is 4.74 Å². The molecule has 152 valence electrons. The number of carbonyl (C=O) groups is 1. The smallest absolute Gasteiger partial charge is 0.255 e. The summed E-state index contributed by atoms with van der Waals surface area (Å²) in [6.45, 7) is 3.68. The van der Waals surface area contributed by atoms with E-state index in [1.807, 2.05) is 13.8 Å². The van der Waals surface area contributed by atoms with Crippen LogP contribution in [-0.4, -0.2) is 41.0 Å². The topological polar surface area (TPSA) is 87.2 Å². The van der Waals surface area contributed by atoms with Gasteiger partial charge < -0.3 is 15.2 Å². The minimum Gasteiger partial charge on any atom is -0.495 e. The molecule has 0 bridgehead atoms. The molecule has 0 unspecified atom stereocenters. The third-order valence-electron chi connectivity index (χ3n) is 4.80. The van der Waals surface area contributed by atoms with Gasteiger partial charge in [-0.15, -0.1) is 0 Å². The SMILES string of the molecule is COc1c(C(=O)N[C@H](CO)C(C)C)ccc2[nH]nc(/C=C/c3ccccc3F)c12. The molecule has 0 fully saturated rings. The molecule has 3 N–H and O–H groups in total. The van der Waals surface area contributed by atoms with Crippen LogP contribution in [0.2, 0.25) is 0 Å². The van der Waals surface area contributed by atoms with E-state index in [0.717, 1.165) is 0 Å². The molecule has 0 saturated carbocycles. The molecule has 29 heavy (non-hydrogen) atoms. The van der Waals surface area contributed by atoms with Crippen molar-refractivity contribution in [3.8, 4) is 5.75 Å². The number of amides is 1. The first kappa shape index (κ1) is 20.5. The molecule has 1 amide bonds. The third kappa shape index (κ3) is 4.30. The number of fused-ring (bicyclic) bond motifs is 1. The van der Waals surface area contributed by atoms with Crippen molar-refractivity contribution in [1.29, 1.82) is 0 Å².